The molecule has 0 unspecified atom stereocenters. The Morgan fingerprint density at radius 1 is 1.19 bits per heavy atom. The van der Waals surface area contributed by atoms with Gasteiger partial charge in [0.15, 0.2) is 0 Å². The Morgan fingerprint density at radius 3 is 2.62 bits per heavy atom. The molecule has 0 fully saturated rings. The molecule has 0 radical (unpaired) electrons. The van der Waals surface area contributed by atoms with Crippen LogP contribution in [-0.2, 0) is 14.8 Å². The molecule has 0 aliphatic rings. The molecule has 7 nitrogen and oxygen atoms in total. The SMILES string of the molecule is Cc1ccccc1OCCN(C)CC(=O)Nc1cccc(S(N)(=O)=O)c1. The van der Waals surface area contributed by atoms with E-state index in [2.05, 4.69) is 5.32 Å². The van der Waals surface area contributed by atoms with Crippen LogP contribution in [0.25, 0.3) is 0 Å². The second-order valence-electron chi connectivity index (χ2n) is 5.97. The molecule has 2 aromatic rings. The first-order chi connectivity index (χ1) is 12.3. The van der Waals surface area contributed by atoms with Gasteiger partial charge < -0.3 is 10.1 Å². The average Bonchev–Trinajstić information content (AvgIpc) is 2.56. The molecular weight excluding hydrogens is 354 g/mol. The van der Waals surface area contributed by atoms with E-state index in [1.165, 1.54) is 18.2 Å². The van der Waals surface area contributed by atoms with Gasteiger partial charge in [-0.2, -0.15) is 0 Å². The number of nitrogens with one attached hydrogen (secondary N) is 1. The monoisotopic (exact) mass is 377 g/mol. The van der Waals surface area contributed by atoms with Crippen LogP contribution in [0.2, 0.25) is 0 Å². The maximum Gasteiger partial charge on any atom is 0.238 e. The topological polar surface area (TPSA) is 102 Å². The zero-order valence-corrected chi connectivity index (χ0v) is 15.6. The van der Waals surface area contributed by atoms with E-state index in [0.717, 1.165) is 11.3 Å². The molecule has 0 bridgehead atoms. The van der Waals surface area contributed by atoms with E-state index >= 15 is 0 Å². The Hall–Kier alpha value is -2.42. The maximum atomic E-state index is 12.1. The molecule has 0 heterocycles. The number of carbonyl (C=O) groups is 1. The number of carbonyl (C=O) groups excluding carboxylic acids is 1. The summed E-state index contributed by atoms with van der Waals surface area (Å²) in [6.07, 6.45) is 0. The van der Waals surface area contributed by atoms with E-state index in [4.69, 9.17) is 9.88 Å². The summed E-state index contributed by atoms with van der Waals surface area (Å²) >= 11 is 0. The lowest BCUT2D eigenvalue weighted by atomic mass is 10.2. The number of para-hydroxylation sites is 1. The van der Waals surface area contributed by atoms with Crippen LogP contribution < -0.4 is 15.2 Å². The van der Waals surface area contributed by atoms with Crippen molar-refractivity contribution in [2.24, 2.45) is 5.14 Å². The average molecular weight is 377 g/mol. The maximum absolute atomic E-state index is 12.1. The van der Waals surface area contributed by atoms with Gasteiger partial charge in [-0.3, -0.25) is 9.69 Å². The number of primary sulfonamides is 1. The van der Waals surface area contributed by atoms with Crippen molar-refractivity contribution in [3.63, 3.8) is 0 Å². The number of sulfonamides is 1. The molecular formula is C18H23N3O4S. The lowest BCUT2D eigenvalue weighted by Gasteiger charge is -2.17. The van der Waals surface area contributed by atoms with Crippen molar-refractivity contribution in [3.05, 3.63) is 54.1 Å². The summed E-state index contributed by atoms with van der Waals surface area (Å²) in [7, 11) is -2.00. The first-order valence-corrected chi connectivity index (χ1v) is 9.60. The molecule has 0 atom stereocenters. The summed E-state index contributed by atoms with van der Waals surface area (Å²) < 4.78 is 28.4. The van der Waals surface area contributed by atoms with Crippen LogP contribution in [0.15, 0.2) is 53.4 Å². The molecule has 26 heavy (non-hydrogen) atoms. The minimum absolute atomic E-state index is 0.0460. The van der Waals surface area contributed by atoms with Crippen molar-refractivity contribution in [2.75, 3.05) is 32.1 Å². The predicted molar refractivity (Wildman–Crippen MR) is 101 cm³/mol. The molecule has 0 aromatic heterocycles. The van der Waals surface area contributed by atoms with Gasteiger partial charge in [-0.1, -0.05) is 24.3 Å². The van der Waals surface area contributed by atoms with Gasteiger partial charge in [0, 0.05) is 12.2 Å². The second kappa shape index (κ2) is 8.79. The highest BCUT2D eigenvalue weighted by Crippen LogP contribution is 2.16. The number of hydrogen-bond donors (Lipinski definition) is 2. The van der Waals surface area contributed by atoms with Gasteiger partial charge in [0.1, 0.15) is 12.4 Å². The first-order valence-electron chi connectivity index (χ1n) is 8.05. The number of likely N-dealkylation sites (N-methyl/N-ethyl adjacent to an activating group) is 1. The zero-order valence-electron chi connectivity index (χ0n) is 14.8. The molecule has 0 spiro atoms. The third kappa shape index (κ3) is 6.14. The van der Waals surface area contributed by atoms with Gasteiger partial charge in [0.2, 0.25) is 15.9 Å². The number of anilines is 1. The quantitative estimate of drug-likeness (QED) is 0.727. The van der Waals surface area contributed by atoms with Crippen molar-refractivity contribution in [1.82, 2.24) is 4.90 Å². The summed E-state index contributed by atoms with van der Waals surface area (Å²) in [5, 5.41) is 7.75. The summed E-state index contributed by atoms with van der Waals surface area (Å²) in [5.74, 6) is 0.570. The first kappa shape index (κ1) is 19.9. The van der Waals surface area contributed by atoms with E-state index in [0.29, 0.717) is 18.8 Å². The highest BCUT2D eigenvalue weighted by atomic mass is 32.2. The minimum atomic E-state index is -3.80. The number of aryl methyl sites for hydroxylation is 1. The smallest absolute Gasteiger partial charge is 0.238 e. The highest BCUT2D eigenvalue weighted by molar-refractivity contribution is 7.89. The predicted octanol–water partition coefficient (Wildman–Crippen LogP) is 1.59. The van der Waals surface area contributed by atoms with Gasteiger partial charge in [-0.05, 0) is 43.8 Å². The summed E-state index contributed by atoms with van der Waals surface area (Å²) in [5.41, 5.74) is 1.44. The van der Waals surface area contributed by atoms with Gasteiger partial charge >= 0.3 is 0 Å². The van der Waals surface area contributed by atoms with Gasteiger partial charge in [-0.25, -0.2) is 13.6 Å². The van der Waals surface area contributed by atoms with Crippen LogP contribution in [0, 0.1) is 6.92 Å². The molecule has 8 heteroatoms. The summed E-state index contributed by atoms with van der Waals surface area (Å²) in [4.78, 5) is 13.9. The Kier molecular flexibility index (Phi) is 6.73. The second-order valence-corrected chi connectivity index (χ2v) is 7.53. The standard InChI is InChI=1S/C18H23N3O4S/c1-14-6-3-4-9-17(14)25-11-10-21(2)13-18(22)20-15-7-5-8-16(12-15)26(19,23)24/h3-9,12H,10-11,13H2,1-2H3,(H,20,22)(H2,19,23,24). The zero-order chi connectivity index (χ0) is 19.2. The number of amides is 1. The lowest BCUT2D eigenvalue weighted by Crippen LogP contribution is -2.33. The van der Waals surface area contributed by atoms with Gasteiger partial charge in [0.25, 0.3) is 0 Å². The third-order valence-electron chi connectivity index (χ3n) is 3.68. The van der Waals surface area contributed by atoms with Crippen LogP contribution in [0.5, 0.6) is 5.75 Å². The Bertz CT molecular complexity index is 868. The normalized spacial score (nSPS) is 11.4. The number of hydrogen-bond acceptors (Lipinski definition) is 5. The molecule has 0 saturated carbocycles. The van der Waals surface area contributed by atoms with Gasteiger partial charge in [-0.15, -0.1) is 0 Å². The summed E-state index contributed by atoms with van der Waals surface area (Å²) in [6.45, 7) is 3.15. The molecule has 3 N–H and O–H groups in total. The molecule has 140 valence electrons. The minimum Gasteiger partial charge on any atom is -0.492 e. The number of nitrogens with zero attached hydrogens (tertiary/aromatic N) is 1. The fourth-order valence-electron chi connectivity index (χ4n) is 2.31. The number of benzene rings is 2. The van der Waals surface area contributed by atoms with E-state index in [1.54, 1.807) is 6.07 Å². The van der Waals surface area contributed by atoms with E-state index in [9.17, 15) is 13.2 Å². The number of rotatable bonds is 8. The molecule has 0 aliphatic heterocycles. The molecule has 2 rings (SSSR count). The molecule has 0 saturated heterocycles. The largest absolute Gasteiger partial charge is 0.492 e. The van der Waals surface area contributed by atoms with E-state index in [1.807, 2.05) is 43.1 Å². The van der Waals surface area contributed by atoms with Crippen LogP contribution >= 0.6 is 0 Å². The fourth-order valence-corrected chi connectivity index (χ4v) is 2.86. The van der Waals surface area contributed by atoms with E-state index in [-0.39, 0.29) is 17.3 Å². The highest BCUT2D eigenvalue weighted by Gasteiger charge is 2.11. The van der Waals surface area contributed by atoms with Crippen LogP contribution in [0.4, 0.5) is 5.69 Å². The summed E-state index contributed by atoms with van der Waals surface area (Å²) in [6, 6.07) is 13.6. The number of ether oxygens (including phenoxy) is 1. The van der Waals surface area contributed by atoms with Crippen molar-refractivity contribution >= 4 is 21.6 Å². The van der Waals surface area contributed by atoms with E-state index < -0.39 is 10.0 Å². The Balaban J connectivity index is 1.81. The molecule has 0 aliphatic carbocycles. The van der Waals surface area contributed by atoms with Crippen molar-refractivity contribution in [3.8, 4) is 5.75 Å². The Morgan fingerprint density at radius 2 is 1.92 bits per heavy atom. The van der Waals surface area contributed by atoms with Crippen molar-refractivity contribution in [2.45, 2.75) is 11.8 Å². The Labute approximate surface area is 153 Å². The third-order valence-corrected chi connectivity index (χ3v) is 4.60. The lowest BCUT2D eigenvalue weighted by molar-refractivity contribution is -0.117. The van der Waals surface area contributed by atoms with Crippen LogP contribution in [0.1, 0.15) is 5.56 Å². The molecule has 1 amide bonds. The van der Waals surface area contributed by atoms with Crippen LogP contribution in [-0.4, -0.2) is 46.0 Å². The number of nitrogens with two attached hydrogens (primary N) is 1. The molecule has 2 aromatic carbocycles. The van der Waals surface area contributed by atoms with Gasteiger partial charge in [0.05, 0.1) is 11.4 Å². The fraction of sp³-hybridized carbons (Fsp3) is 0.278. The van der Waals surface area contributed by atoms with Crippen molar-refractivity contribution < 1.29 is 17.9 Å². The van der Waals surface area contributed by atoms with Crippen molar-refractivity contribution in [1.29, 1.82) is 0 Å². The van der Waals surface area contributed by atoms with Crippen LogP contribution in [0.3, 0.4) is 0 Å².